The van der Waals surface area contributed by atoms with E-state index in [0.717, 1.165) is 24.3 Å². The molecule has 1 atom stereocenters. The Morgan fingerprint density at radius 3 is 2.68 bits per heavy atom. The maximum Gasteiger partial charge on any atom is 0.238 e. The Morgan fingerprint density at radius 2 is 2.16 bits per heavy atom. The van der Waals surface area contributed by atoms with E-state index in [4.69, 9.17) is 5.73 Å². The van der Waals surface area contributed by atoms with E-state index in [1.807, 2.05) is 7.05 Å². The molecule has 1 saturated carbocycles. The molecule has 0 bridgehead atoms. The van der Waals surface area contributed by atoms with Gasteiger partial charge in [-0.1, -0.05) is 24.3 Å². The van der Waals surface area contributed by atoms with Crippen LogP contribution in [0.1, 0.15) is 24.0 Å². The Hall–Kier alpha value is -1.00. The maximum atomic E-state index is 11.8. The fourth-order valence-electron chi connectivity index (χ4n) is 2.46. The van der Waals surface area contributed by atoms with E-state index in [1.54, 1.807) is 11.8 Å². The van der Waals surface area contributed by atoms with Crippen molar-refractivity contribution in [3.63, 3.8) is 0 Å². The molecule has 0 radical (unpaired) electrons. The molecule has 1 aromatic carbocycles. The number of carbonyl (C=O) groups is 1. The van der Waals surface area contributed by atoms with Gasteiger partial charge in [-0.2, -0.15) is 11.8 Å². The summed E-state index contributed by atoms with van der Waals surface area (Å²) in [5.74, 6) is 1.88. The largest absolute Gasteiger partial charge is 0.368 e. The fraction of sp³-hybridized carbons (Fsp3) is 0.533. The van der Waals surface area contributed by atoms with Crippen molar-refractivity contribution in [1.29, 1.82) is 0 Å². The van der Waals surface area contributed by atoms with Gasteiger partial charge in [-0.15, -0.1) is 0 Å². The highest BCUT2D eigenvalue weighted by atomic mass is 32.2. The van der Waals surface area contributed by atoms with Crippen LogP contribution in [0.2, 0.25) is 0 Å². The van der Waals surface area contributed by atoms with Gasteiger partial charge in [0.05, 0.1) is 0 Å². The SMILES string of the molecule is CNC(CSCc1ccccc1C)(C(N)=O)C1CC1. The number of benzene rings is 1. The molecule has 2 rings (SSSR count). The minimum Gasteiger partial charge on any atom is -0.368 e. The molecule has 0 saturated heterocycles. The summed E-state index contributed by atoms with van der Waals surface area (Å²) in [5, 5.41) is 3.18. The van der Waals surface area contributed by atoms with Crippen LogP contribution in [0.25, 0.3) is 0 Å². The van der Waals surface area contributed by atoms with Crippen LogP contribution in [0.4, 0.5) is 0 Å². The third-order valence-electron chi connectivity index (χ3n) is 4.01. The van der Waals surface area contributed by atoms with Crippen LogP contribution >= 0.6 is 11.8 Å². The predicted molar refractivity (Wildman–Crippen MR) is 81.1 cm³/mol. The molecule has 0 heterocycles. The Kier molecular flexibility index (Phi) is 4.53. The first-order chi connectivity index (χ1) is 9.10. The second-order valence-electron chi connectivity index (χ2n) is 5.28. The zero-order valence-electron chi connectivity index (χ0n) is 11.6. The lowest BCUT2D eigenvalue weighted by atomic mass is 9.95. The molecule has 1 aromatic rings. The standard InChI is InChI=1S/C15H22N2OS/c1-11-5-3-4-6-12(11)9-19-10-15(17-2,14(16)18)13-7-8-13/h3-6,13,17H,7-10H2,1-2H3,(H2,16,18). The van der Waals surface area contributed by atoms with Gasteiger partial charge in [0.25, 0.3) is 0 Å². The van der Waals surface area contributed by atoms with E-state index in [0.29, 0.717) is 5.92 Å². The number of rotatable bonds is 7. The normalized spacial score (nSPS) is 18.0. The van der Waals surface area contributed by atoms with Gasteiger partial charge < -0.3 is 11.1 Å². The number of amides is 1. The molecule has 1 aliphatic rings. The first-order valence-electron chi connectivity index (χ1n) is 6.71. The van der Waals surface area contributed by atoms with E-state index < -0.39 is 5.54 Å². The molecule has 3 nitrogen and oxygen atoms in total. The first-order valence-corrected chi connectivity index (χ1v) is 7.86. The van der Waals surface area contributed by atoms with Crippen molar-refractivity contribution in [3.05, 3.63) is 35.4 Å². The monoisotopic (exact) mass is 278 g/mol. The van der Waals surface area contributed by atoms with Gasteiger partial charge in [-0.05, 0) is 43.9 Å². The van der Waals surface area contributed by atoms with E-state index in [2.05, 4.69) is 36.5 Å². The molecule has 1 fully saturated rings. The number of likely N-dealkylation sites (N-methyl/N-ethyl adjacent to an activating group) is 1. The van der Waals surface area contributed by atoms with Crippen molar-refractivity contribution in [2.45, 2.75) is 31.1 Å². The Balaban J connectivity index is 1.97. The first kappa shape index (κ1) is 14.4. The summed E-state index contributed by atoms with van der Waals surface area (Å²) in [4.78, 5) is 11.8. The van der Waals surface area contributed by atoms with Crippen molar-refractivity contribution in [1.82, 2.24) is 5.32 Å². The number of hydrogen-bond donors (Lipinski definition) is 2. The van der Waals surface area contributed by atoms with Crippen LogP contribution in [0.5, 0.6) is 0 Å². The summed E-state index contributed by atoms with van der Waals surface area (Å²) in [7, 11) is 1.84. The lowest BCUT2D eigenvalue weighted by Gasteiger charge is -2.30. The average molecular weight is 278 g/mol. The van der Waals surface area contributed by atoms with Crippen LogP contribution in [-0.4, -0.2) is 24.2 Å². The van der Waals surface area contributed by atoms with Crippen LogP contribution in [0.3, 0.4) is 0 Å². The molecule has 19 heavy (non-hydrogen) atoms. The summed E-state index contributed by atoms with van der Waals surface area (Å²) in [6, 6.07) is 8.37. The predicted octanol–water partition coefficient (Wildman–Crippen LogP) is 2.08. The van der Waals surface area contributed by atoms with Crippen molar-refractivity contribution in [2.75, 3.05) is 12.8 Å². The summed E-state index contributed by atoms with van der Waals surface area (Å²) in [6.07, 6.45) is 2.21. The average Bonchev–Trinajstić information content (AvgIpc) is 3.21. The van der Waals surface area contributed by atoms with Crippen LogP contribution < -0.4 is 11.1 Å². The van der Waals surface area contributed by atoms with Crippen molar-refractivity contribution < 1.29 is 4.79 Å². The van der Waals surface area contributed by atoms with E-state index in [1.165, 1.54) is 11.1 Å². The third kappa shape index (κ3) is 3.12. The molecule has 4 heteroatoms. The Labute approximate surface area is 119 Å². The maximum absolute atomic E-state index is 11.8. The highest BCUT2D eigenvalue weighted by molar-refractivity contribution is 7.98. The summed E-state index contributed by atoms with van der Waals surface area (Å²) in [6.45, 7) is 2.12. The lowest BCUT2D eigenvalue weighted by molar-refractivity contribution is -0.124. The molecule has 1 amide bonds. The van der Waals surface area contributed by atoms with Crippen molar-refractivity contribution in [3.8, 4) is 0 Å². The van der Waals surface area contributed by atoms with Gasteiger partial charge in [0.2, 0.25) is 5.91 Å². The minimum atomic E-state index is -0.520. The number of aryl methyl sites for hydroxylation is 1. The van der Waals surface area contributed by atoms with Crippen LogP contribution in [-0.2, 0) is 10.5 Å². The summed E-state index contributed by atoms with van der Waals surface area (Å²) in [5.41, 5.74) is 7.73. The Bertz CT molecular complexity index is 459. The number of nitrogens with two attached hydrogens (primary N) is 1. The molecule has 104 valence electrons. The van der Waals surface area contributed by atoms with E-state index in [-0.39, 0.29) is 5.91 Å². The zero-order valence-corrected chi connectivity index (χ0v) is 12.4. The minimum absolute atomic E-state index is 0.213. The van der Waals surface area contributed by atoms with Crippen molar-refractivity contribution in [2.24, 2.45) is 11.7 Å². The van der Waals surface area contributed by atoms with Gasteiger partial charge in [0.15, 0.2) is 0 Å². The van der Waals surface area contributed by atoms with Gasteiger partial charge >= 0.3 is 0 Å². The molecule has 1 aliphatic carbocycles. The molecule has 3 N–H and O–H groups in total. The third-order valence-corrected chi connectivity index (χ3v) is 5.18. The number of hydrogen-bond acceptors (Lipinski definition) is 3. The number of carbonyl (C=O) groups excluding carboxylic acids is 1. The molecular weight excluding hydrogens is 256 g/mol. The number of thioether (sulfide) groups is 1. The van der Waals surface area contributed by atoms with Gasteiger partial charge in [0.1, 0.15) is 5.54 Å². The Morgan fingerprint density at radius 1 is 1.47 bits per heavy atom. The molecule has 1 unspecified atom stereocenters. The van der Waals surface area contributed by atoms with Gasteiger partial charge in [0, 0.05) is 11.5 Å². The molecule has 0 spiro atoms. The highest BCUT2D eigenvalue weighted by Crippen LogP contribution is 2.41. The smallest absolute Gasteiger partial charge is 0.238 e. The second-order valence-corrected chi connectivity index (χ2v) is 6.26. The summed E-state index contributed by atoms with van der Waals surface area (Å²) >= 11 is 1.79. The van der Waals surface area contributed by atoms with E-state index in [9.17, 15) is 4.79 Å². The number of primary amides is 1. The quantitative estimate of drug-likeness (QED) is 0.803. The fourth-order valence-corrected chi connectivity index (χ4v) is 3.95. The molecular formula is C15H22N2OS. The lowest BCUT2D eigenvalue weighted by Crippen LogP contribution is -2.57. The highest BCUT2D eigenvalue weighted by Gasteiger charge is 2.48. The summed E-state index contributed by atoms with van der Waals surface area (Å²) < 4.78 is 0. The van der Waals surface area contributed by atoms with Gasteiger partial charge in [-0.3, -0.25) is 4.79 Å². The van der Waals surface area contributed by atoms with Crippen LogP contribution in [0.15, 0.2) is 24.3 Å². The van der Waals surface area contributed by atoms with Crippen molar-refractivity contribution >= 4 is 17.7 Å². The molecule has 0 aromatic heterocycles. The number of nitrogens with one attached hydrogen (secondary N) is 1. The molecule has 0 aliphatic heterocycles. The zero-order chi connectivity index (χ0) is 13.9. The topological polar surface area (TPSA) is 55.1 Å². The van der Waals surface area contributed by atoms with Gasteiger partial charge in [-0.25, -0.2) is 0 Å². The van der Waals surface area contributed by atoms with E-state index >= 15 is 0 Å². The second kappa shape index (κ2) is 5.97. The van der Waals surface area contributed by atoms with Crippen LogP contribution in [0, 0.1) is 12.8 Å².